The summed E-state index contributed by atoms with van der Waals surface area (Å²) in [5.41, 5.74) is 2.84. The van der Waals surface area contributed by atoms with Crippen molar-refractivity contribution in [2.75, 3.05) is 0 Å². The molecule has 0 amide bonds. The van der Waals surface area contributed by atoms with Crippen molar-refractivity contribution in [3.8, 4) is 11.6 Å². The Balaban J connectivity index is 2.22. The molecule has 0 atom stereocenters. The molecule has 0 fully saturated rings. The maximum absolute atomic E-state index is 9.13. The lowest BCUT2D eigenvalue weighted by atomic mass is 10.3. The van der Waals surface area contributed by atoms with Crippen LogP contribution in [0.15, 0.2) is 48.9 Å². The van der Waals surface area contributed by atoms with E-state index in [0.29, 0.717) is 0 Å². The van der Waals surface area contributed by atoms with Crippen molar-refractivity contribution in [2.24, 2.45) is 0 Å². The summed E-state index contributed by atoms with van der Waals surface area (Å²) in [6.07, 6.45) is 3.36. The topological polar surface area (TPSA) is 50.9 Å². The van der Waals surface area contributed by atoms with E-state index in [1.807, 2.05) is 28.8 Å². The highest BCUT2D eigenvalue weighted by atomic mass is 16.3. The standard InChI is InChI=1S/C12H9N3O/c16-12-6-5-9(7-13-12)15-8-14-10-3-1-2-4-11(10)15/h1-8H,(H,13,16). The summed E-state index contributed by atoms with van der Waals surface area (Å²) in [6, 6.07) is 11.2. The van der Waals surface area contributed by atoms with Gasteiger partial charge in [0.05, 0.1) is 22.9 Å². The van der Waals surface area contributed by atoms with Gasteiger partial charge >= 0.3 is 0 Å². The predicted octanol–water partition coefficient (Wildman–Crippen LogP) is 2.13. The number of imidazole rings is 1. The molecule has 4 heteroatoms. The lowest BCUT2D eigenvalue weighted by Crippen LogP contribution is -1.92. The van der Waals surface area contributed by atoms with E-state index in [9.17, 15) is 0 Å². The van der Waals surface area contributed by atoms with Crippen LogP contribution in [0.4, 0.5) is 0 Å². The molecule has 2 heterocycles. The summed E-state index contributed by atoms with van der Waals surface area (Å²) < 4.78 is 1.93. The molecule has 0 aliphatic heterocycles. The number of benzene rings is 1. The predicted molar refractivity (Wildman–Crippen MR) is 60.5 cm³/mol. The van der Waals surface area contributed by atoms with Crippen LogP contribution in [0, 0.1) is 0 Å². The van der Waals surface area contributed by atoms with Crippen molar-refractivity contribution in [1.29, 1.82) is 0 Å². The van der Waals surface area contributed by atoms with E-state index in [4.69, 9.17) is 5.11 Å². The zero-order valence-electron chi connectivity index (χ0n) is 8.41. The second-order valence-corrected chi connectivity index (χ2v) is 3.48. The first-order chi connectivity index (χ1) is 7.84. The lowest BCUT2D eigenvalue weighted by molar-refractivity contribution is 0.453. The summed E-state index contributed by atoms with van der Waals surface area (Å²) in [6.45, 7) is 0. The molecular formula is C12H9N3O. The average Bonchev–Trinajstić information content (AvgIpc) is 2.74. The summed E-state index contributed by atoms with van der Waals surface area (Å²) >= 11 is 0. The summed E-state index contributed by atoms with van der Waals surface area (Å²) in [5, 5.41) is 9.13. The van der Waals surface area contributed by atoms with E-state index in [1.54, 1.807) is 24.7 Å². The van der Waals surface area contributed by atoms with Gasteiger partial charge in [0, 0.05) is 6.07 Å². The molecule has 0 radical (unpaired) electrons. The molecule has 0 aliphatic rings. The van der Waals surface area contributed by atoms with Crippen LogP contribution in [-0.4, -0.2) is 19.6 Å². The van der Waals surface area contributed by atoms with Gasteiger partial charge in [0.1, 0.15) is 6.33 Å². The van der Waals surface area contributed by atoms with E-state index in [1.165, 1.54) is 0 Å². The second kappa shape index (κ2) is 3.34. The lowest BCUT2D eigenvalue weighted by Gasteiger charge is -2.02. The largest absolute Gasteiger partial charge is 0.493 e. The number of rotatable bonds is 1. The molecule has 4 nitrogen and oxygen atoms in total. The highest BCUT2D eigenvalue weighted by molar-refractivity contribution is 5.77. The van der Waals surface area contributed by atoms with Gasteiger partial charge in [-0.05, 0) is 18.2 Å². The fourth-order valence-corrected chi connectivity index (χ4v) is 1.69. The third-order valence-electron chi connectivity index (χ3n) is 2.46. The van der Waals surface area contributed by atoms with Crippen molar-refractivity contribution in [2.45, 2.75) is 0 Å². The number of aromatic hydroxyl groups is 1. The minimum absolute atomic E-state index is 0.0215. The van der Waals surface area contributed by atoms with Crippen LogP contribution in [0.2, 0.25) is 0 Å². The van der Waals surface area contributed by atoms with Gasteiger partial charge in [-0.2, -0.15) is 0 Å². The van der Waals surface area contributed by atoms with Gasteiger partial charge in [-0.1, -0.05) is 12.1 Å². The fourth-order valence-electron chi connectivity index (χ4n) is 1.69. The highest BCUT2D eigenvalue weighted by Crippen LogP contribution is 2.17. The number of hydrogen-bond acceptors (Lipinski definition) is 3. The Kier molecular flexibility index (Phi) is 1.86. The third kappa shape index (κ3) is 1.32. The molecule has 0 aliphatic carbocycles. The second-order valence-electron chi connectivity index (χ2n) is 3.48. The molecule has 16 heavy (non-hydrogen) atoms. The molecule has 78 valence electrons. The molecule has 2 aromatic heterocycles. The molecule has 1 N–H and O–H groups in total. The normalized spacial score (nSPS) is 10.8. The average molecular weight is 211 g/mol. The maximum Gasteiger partial charge on any atom is 0.210 e. The van der Waals surface area contributed by atoms with Crippen molar-refractivity contribution in [1.82, 2.24) is 14.5 Å². The maximum atomic E-state index is 9.13. The van der Waals surface area contributed by atoms with Crippen LogP contribution in [0.1, 0.15) is 0 Å². The van der Waals surface area contributed by atoms with Crippen LogP contribution in [0.5, 0.6) is 5.88 Å². The smallest absolute Gasteiger partial charge is 0.210 e. The summed E-state index contributed by atoms with van der Waals surface area (Å²) in [5.74, 6) is 0.0215. The van der Waals surface area contributed by atoms with Crippen LogP contribution < -0.4 is 0 Å². The Hall–Kier alpha value is -2.36. The first-order valence-corrected chi connectivity index (χ1v) is 4.92. The van der Waals surface area contributed by atoms with Crippen molar-refractivity contribution in [3.05, 3.63) is 48.9 Å². The SMILES string of the molecule is Oc1ccc(-n2cnc3ccccc32)cn1. The van der Waals surface area contributed by atoms with E-state index in [-0.39, 0.29) is 5.88 Å². The van der Waals surface area contributed by atoms with E-state index in [0.717, 1.165) is 16.7 Å². The molecular weight excluding hydrogens is 202 g/mol. The zero-order chi connectivity index (χ0) is 11.0. The molecule has 3 aromatic rings. The van der Waals surface area contributed by atoms with Gasteiger partial charge in [0.2, 0.25) is 5.88 Å². The van der Waals surface area contributed by atoms with Gasteiger partial charge in [0.15, 0.2) is 0 Å². The summed E-state index contributed by atoms with van der Waals surface area (Å²) in [7, 11) is 0. The van der Waals surface area contributed by atoms with E-state index < -0.39 is 0 Å². The molecule has 3 rings (SSSR count). The highest BCUT2D eigenvalue weighted by Gasteiger charge is 2.03. The van der Waals surface area contributed by atoms with Gasteiger partial charge in [-0.25, -0.2) is 9.97 Å². The van der Waals surface area contributed by atoms with Crippen LogP contribution >= 0.6 is 0 Å². The molecule has 0 bridgehead atoms. The Morgan fingerprint density at radius 3 is 2.69 bits per heavy atom. The van der Waals surface area contributed by atoms with Crippen LogP contribution in [-0.2, 0) is 0 Å². The summed E-state index contributed by atoms with van der Waals surface area (Å²) in [4.78, 5) is 8.14. The number of aromatic nitrogens is 3. The van der Waals surface area contributed by atoms with Crippen LogP contribution in [0.3, 0.4) is 0 Å². The first kappa shape index (κ1) is 8.91. The van der Waals surface area contributed by atoms with Crippen molar-refractivity contribution < 1.29 is 5.11 Å². The van der Waals surface area contributed by atoms with E-state index >= 15 is 0 Å². The Labute approximate surface area is 91.8 Å². The number of para-hydroxylation sites is 2. The molecule has 0 saturated carbocycles. The quantitative estimate of drug-likeness (QED) is 0.670. The van der Waals surface area contributed by atoms with Crippen molar-refractivity contribution >= 4 is 11.0 Å². The van der Waals surface area contributed by atoms with Crippen LogP contribution in [0.25, 0.3) is 16.7 Å². The first-order valence-electron chi connectivity index (χ1n) is 4.92. The number of pyridine rings is 1. The third-order valence-corrected chi connectivity index (χ3v) is 2.46. The van der Waals surface area contributed by atoms with E-state index in [2.05, 4.69) is 9.97 Å². The molecule has 0 unspecified atom stereocenters. The van der Waals surface area contributed by atoms with Gasteiger partial charge in [-0.15, -0.1) is 0 Å². The van der Waals surface area contributed by atoms with Gasteiger partial charge < -0.3 is 5.11 Å². The minimum atomic E-state index is 0.0215. The number of hydrogen-bond donors (Lipinski definition) is 1. The molecule has 0 saturated heterocycles. The molecule has 0 spiro atoms. The Morgan fingerprint density at radius 2 is 1.88 bits per heavy atom. The zero-order valence-corrected chi connectivity index (χ0v) is 8.41. The number of nitrogens with zero attached hydrogens (tertiary/aromatic N) is 3. The van der Waals surface area contributed by atoms with Crippen molar-refractivity contribution in [3.63, 3.8) is 0 Å². The fraction of sp³-hybridized carbons (Fsp3) is 0. The van der Waals surface area contributed by atoms with Gasteiger partial charge in [-0.3, -0.25) is 4.57 Å². The number of fused-ring (bicyclic) bond motifs is 1. The Morgan fingerprint density at radius 1 is 1.00 bits per heavy atom. The Bertz CT molecular complexity index is 628. The molecule has 1 aromatic carbocycles. The monoisotopic (exact) mass is 211 g/mol. The van der Waals surface area contributed by atoms with Gasteiger partial charge in [0.25, 0.3) is 0 Å². The minimum Gasteiger partial charge on any atom is -0.493 e.